The molecule has 0 aromatic rings. The van der Waals surface area contributed by atoms with Crippen LogP contribution in [0.4, 0.5) is 0 Å². The highest BCUT2D eigenvalue weighted by atomic mass is 32.2. The molecular weight excluding hydrogens is 206 g/mol. The molecule has 0 saturated heterocycles. The molecule has 1 unspecified atom stereocenters. The van der Waals surface area contributed by atoms with E-state index in [0.717, 1.165) is 0 Å². The SMILES string of the molecule is C=C(C)C(=O)NC(C(C)C)S(=O)(=O)O. The van der Waals surface area contributed by atoms with E-state index in [0.29, 0.717) is 0 Å². The second-order valence-electron chi connectivity index (χ2n) is 3.43. The predicted octanol–water partition coefficient (Wildman–Crippen LogP) is 0.549. The quantitative estimate of drug-likeness (QED) is 0.536. The van der Waals surface area contributed by atoms with Gasteiger partial charge in [0.05, 0.1) is 0 Å². The fourth-order valence-corrected chi connectivity index (χ4v) is 1.78. The summed E-state index contributed by atoms with van der Waals surface area (Å²) < 4.78 is 30.5. The van der Waals surface area contributed by atoms with Crippen molar-refractivity contribution < 1.29 is 17.8 Å². The molecule has 6 heteroatoms. The minimum absolute atomic E-state index is 0.194. The summed E-state index contributed by atoms with van der Waals surface area (Å²) in [5.74, 6) is -0.991. The molecule has 0 spiro atoms. The highest BCUT2D eigenvalue weighted by Gasteiger charge is 2.28. The first kappa shape index (κ1) is 13.1. The molecule has 82 valence electrons. The number of carbonyl (C=O) groups excluding carboxylic acids is 1. The standard InChI is InChI=1S/C8H15NO4S/c1-5(2)7(10)9-8(6(3)4)14(11,12)13/h6,8H,1H2,2-4H3,(H,9,10)(H,11,12,13). The molecule has 0 aromatic heterocycles. The monoisotopic (exact) mass is 221 g/mol. The Hall–Kier alpha value is -0.880. The van der Waals surface area contributed by atoms with E-state index >= 15 is 0 Å². The largest absolute Gasteiger partial charge is 0.334 e. The molecule has 0 aromatic carbocycles. The van der Waals surface area contributed by atoms with Gasteiger partial charge in [0.25, 0.3) is 10.1 Å². The Morgan fingerprint density at radius 1 is 1.43 bits per heavy atom. The molecule has 0 aliphatic carbocycles. The predicted molar refractivity (Wildman–Crippen MR) is 53.1 cm³/mol. The maximum atomic E-state index is 11.1. The second kappa shape index (κ2) is 4.56. The van der Waals surface area contributed by atoms with E-state index in [1.807, 2.05) is 0 Å². The zero-order valence-corrected chi connectivity index (χ0v) is 9.26. The van der Waals surface area contributed by atoms with Gasteiger partial charge in [-0.1, -0.05) is 20.4 Å². The highest BCUT2D eigenvalue weighted by molar-refractivity contribution is 7.86. The summed E-state index contributed by atoms with van der Waals surface area (Å²) in [5, 5.41) is 0.894. The second-order valence-corrected chi connectivity index (χ2v) is 4.97. The summed E-state index contributed by atoms with van der Waals surface area (Å²) in [6.45, 7) is 7.98. The van der Waals surface area contributed by atoms with Gasteiger partial charge in [-0.05, 0) is 12.8 Å². The van der Waals surface area contributed by atoms with Crippen molar-refractivity contribution in [1.29, 1.82) is 0 Å². The third kappa shape index (κ3) is 3.89. The first-order valence-electron chi connectivity index (χ1n) is 4.09. The van der Waals surface area contributed by atoms with Crippen molar-refractivity contribution in [2.75, 3.05) is 0 Å². The minimum Gasteiger partial charge on any atom is -0.334 e. The van der Waals surface area contributed by atoms with Crippen LogP contribution in [0.15, 0.2) is 12.2 Å². The summed E-state index contributed by atoms with van der Waals surface area (Å²) in [6.07, 6.45) is 0. The van der Waals surface area contributed by atoms with Crippen molar-refractivity contribution >= 4 is 16.0 Å². The molecule has 1 amide bonds. The molecule has 1 atom stereocenters. The van der Waals surface area contributed by atoms with Gasteiger partial charge in [0, 0.05) is 5.57 Å². The van der Waals surface area contributed by atoms with Gasteiger partial charge in [-0.2, -0.15) is 8.42 Å². The van der Waals surface area contributed by atoms with Gasteiger partial charge in [-0.25, -0.2) is 0 Å². The molecule has 0 radical (unpaired) electrons. The van der Waals surface area contributed by atoms with Gasteiger partial charge in [0.15, 0.2) is 5.37 Å². The maximum absolute atomic E-state index is 11.1. The van der Waals surface area contributed by atoms with Crippen LogP contribution in [0.5, 0.6) is 0 Å². The van der Waals surface area contributed by atoms with Crippen LogP contribution in [-0.4, -0.2) is 24.3 Å². The molecule has 0 aliphatic rings. The maximum Gasteiger partial charge on any atom is 0.286 e. The fourth-order valence-electron chi connectivity index (χ4n) is 0.837. The zero-order valence-electron chi connectivity index (χ0n) is 8.44. The van der Waals surface area contributed by atoms with Crippen molar-refractivity contribution in [3.8, 4) is 0 Å². The Balaban J connectivity index is 4.74. The summed E-state index contributed by atoms with van der Waals surface area (Å²) in [5.41, 5.74) is 0.194. The normalized spacial score (nSPS) is 13.8. The smallest absolute Gasteiger partial charge is 0.286 e. The molecule has 0 rings (SSSR count). The van der Waals surface area contributed by atoms with Gasteiger partial charge in [0.2, 0.25) is 5.91 Å². The van der Waals surface area contributed by atoms with E-state index in [2.05, 4.69) is 11.9 Å². The zero-order chi connectivity index (χ0) is 11.5. The van der Waals surface area contributed by atoms with Gasteiger partial charge in [0.1, 0.15) is 0 Å². The number of nitrogens with one attached hydrogen (secondary N) is 1. The Labute approximate surface area is 83.9 Å². The lowest BCUT2D eigenvalue weighted by Crippen LogP contribution is -2.44. The third-order valence-electron chi connectivity index (χ3n) is 1.59. The van der Waals surface area contributed by atoms with Crippen LogP contribution in [0.2, 0.25) is 0 Å². The van der Waals surface area contributed by atoms with Crippen LogP contribution in [0, 0.1) is 5.92 Å². The average Bonchev–Trinajstić information content (AvgIpc) is 1.96. The molecular formula is C8H15NO4S. The Morgan fingerprint density at radius 2 is 1.86 bits per heavy atom. The van der Waals surface area contributed by atoms with Gasteiger partial charge >= 0.3 is 0 Å². The first-order valence-corrected chi connectivity index (χ1v) is 5.59. The molecule has 0 aliphatic heterocycles. The van der Waals surface area contributed by atoms with Crippen molar-refractivity contribution in [2.24, 2.45) is 5.92 Å². The topological polar surface area (TPSA) is 83.5 Å². The fraction of sp³-hybridized carbons (Fsp3) is 0.625. The molecule has 0 fully saturated rings. The summed E-state index contributed by atoms with van der Waals surface area (Å²) in [6, 6.07) is 0. The van der Waals surface area contributed by atoms with Crippen LogP contribution < -0.4 is 5.32 Å². The lowest BCUT2D eigenvalue weighted by Gasteiger charge is -2.18. The average molecular weight is 221 g/mol. The molecule has 5 nitrogen and oxygen atoms in total. The molecule has 0 heterocycles. The summed E-state index contributed by atoms with van der Waals surface area (Å²) in [4.78, 5) is 11.1. The summed E-state index contributed by atoms with van der Waals surface area (Å²) >= 11 is 0. The van der Waals surface area contributed by atoms with E-state index < -0.39 is 27.3 Å². The molecule has 0 saturated carbocycles. The highest BCUT2D eigenvalue weighted by Crippen LogP contribution is 2.08. The number of amides is 1. The molecule has 0 bridgehead atoms. The van der Waals surface area contributed by atoms with Crippen LogP contribution in [-0.2, 0) is 14.9 Å². The van der Waals surface area contributed by atoms with Gasteiger partial charge < -0.3 is 5.32 Å². The van der Waals surface area contributed by atoms with Crippen LogP contribution in [0.25, 0.3) is 0 Å². The molecule has 2 N–H and O–H groups in total. The lowest BCUT2D eigenvalue weighted by atomic mass is 10.2. The number of rotatable bonds is 4. The lowest BCUT2D eigenvalue weighted by molar-refractivity contribution is -0.117. The van der Waals surface area contributed by atoms with Crippen molar-refractivity contribution in [3.05, 3.63) is 12.2 Å². The van der Waals surface area contributed by atoms with Gasteiger partial charge in [-0.3, -0.25) is 9.35 Å². The Bertz CT molecular complexity index is 331. The van der Waals surface area contributed by atoms with E-state index in [1.54, 1.807) is 13.8 Å². The van der Waals surface area contributed by atoms with Crippen LogP contribution >= 0.6 is 0 Å². The van der Waals surface area contributed by atoms with Crippen molar-refractivity contribution in [3.63, 3.8) is 0 Å². The minimum atomic E-state index is -4.27. The molecule has 14 heavy (non-hydrogen) atoms. The first-order chi connectivity index (χ1) is 6.16. The third-order valence-corrected chi connectivity index (χ3v) is 2.89. The van der Waals surface area contributed by atoms with E-state index in [4.69, 9.17) is 4.55 Å². The number of carbonyl (C=O) groups is 1. The Kier molecular flexibility index (Phi) is 4.28. The van der Waals surface area contributed by atoms with E-state index in [-0.39, 0.29) is 5.57 Å². The van der Waals surface area contributed by atoms with Gasteiger partial charge in [-0.15, -0.1) is 0 Å². The number of hydrogen-bond acceptors (Lipinski definition) is 3. The summed E-state index contributed by atoms with van der Waals surface area (Å²) in [7, 11) is -4.27. The number of hydrogen-bond donors (Lipinski definition) is 2. The van der Waals surface area contributed by atoms with Crippen LogP contribution in [0.3, 0.4) is 0 Å². The van der Waals surface area contributed by atoms with E-state index in [9.17, 15) is 13.2 Å². The van der Waals surface area contributed by atoms with Crippen LogP contribution in [0.1, 0.15) is 20.8 Å². The Morgan fingerprint density at radius 3 is 2.07 bits per heavy atom. The van der Waals surface area contributed by atoms with Crippen molar-refractivity contribution in [2.45, 2.75) is 26.1 Å². The van der Waals surface area contributed by atoms with Crippen molar-refractivity contribution in [1.82, 2.24) is 5.32 Å². The van der Waals surface area contributed by atoms with E-state index in [1.165, 1.54) is 6.92 Å².